The van der Waals surface area contributed by atoms with Crippen molar-refractivity contribution < 1.29 is 18.7 Å². The van der Waals surface area contributed by atoms with Crippen LogP contribution in [-0.2, 0) is 20.9 Å². The molecule has 1 aliphatic heterocycles. The smallest absolute Gasteiger partial charge is 0.242 e. The molecule has 10 heteroatoms. The lowest BCUT2D eigenvalue weighted by atomic mass is 10.2. The highest BCUT2D eigenvalue weighted by Crippen LogP contribution is 2.22. The van der Waals surface area contributed by atoms with Crippen molar-refractivity contribution in [3.05, 3.63) is 40.7 Å². The lowest BCUT2D eigenvalue weighted by Crippen LogP contribution is -2.41. The number of ether oxygens (including phenoxy) is 1. The van der Waals surface area contributed by atoms with Gasteiger partial charge in [-0.15, -0.1) is 10.2 Å². The Kier molecular flexibility index (Phi) is 8.39. The second-order valence-corrected chi connectivity index (χ2v) is 10.3. The van der Waals surface area contributed by atoms with Crippen molar-refractivity contribution in [2.45, 2.75) is 37.8 Å². The van der Waals surface area contributed by atoms with E-state index >= 15 is 0 Å². The van der Waals surface area contributed by atoms with Gasteiger partial charge in [0.15, 0.2) is 4.34 Å². The predicted octanol–water partition coefficient (Wildman–Crippen LogP) is 2.99. The van der Waals surface area contributed by atoms with Crippen molar-refractivity contribution in [1.82, 2.24) is 20.0 Å². The van der Waals surface area contributed by atoms with Gasteiger partial charge in [-0.1, -0.05) is 49.1 Å². The molecule has 2 aromatic rings. The molecule has 0 saturated carbocycles. The molecule has 1 saturated heterocycles. The van der Waals surface area contributed by atoms with Gasteiger partial charge in [-0.2, -0.15) is 0 Å². The topological polar surface area (TPSA) is 75.6 Å². The molecule has 2 heterocycles. The van der Waals surface area contributed by atoms with Gasteiger partial charge in [0.25, 0.3) is 0 Å². The average Bonchev–Trinajstić information content (AvgIpc) is 3.06. The number of amides is 2. The van der Waals surface area contributed by atoms with Crippen molar-refractivity contribution in [1.29, 1.82) is 0 Å². The zero-order chi connectivity index (χ0) is 22.4. The standard InChI is InChI=1S/C21H27FN4O3S2/c1-14(2)8-25-9-18(29-12-16-5-4-6-17(22)7-16)10-26(11-19(25)27)20(28)13-30-21-24-23-15(3)31-21/h4-7,14,18H,8-13H2,1-3H3/t18-/m1/s1. The molecule has 0 bridgehead atoms. The third kappa shape index (κ3) is 7.26. The highest BCUT2D eigenvalue weighted by atomic mass is 32.2. The number of aromatic nitrogens is 2. The Morgan fingerprint density at radius 1 is 1.35 bits per heavy atom. The average molecular weight is 467 g/mol. The fourth-order valence-electron chi connectivity index (χ4n) is 3.28. The van der Waals surface area contributed by atoms with Crippen molar-refractivity contribution >= 4 is 34.9 Å². The number of hydrogen-bond acceptors (Lipinski definition) is 7. The molecule has 1 fully saturated rings. The van der Waals surface area contributed by atoms with Crippen LogP contribution in [0.3, 0.4) is 0 Å². The maximum Gasteiger partial charge on any atom is 0.242 e. The molecule has 1 aliphatic rings. The number of carbonyl (C=O) groups excluding carboxylic acids is 2. The van der Waals surface area contributed by atoms with Crippen LogP contribution in [0.1, 0.15) is 24.4 Å². The number of nitrogens with zero attached hydrogens (tertiary/aromatic N) is 4. The van der Waals surface area contributed by atoms with E-state index in [4.69, 9.17) is 4.74 Å². The van der Waals surface area contributed by atoms with Gasteiger partial charge < -0.3 is 14.5 Å². The fourth-order valence-corrected chi connectivity index (χ4v) is 5.00. The minimum absolute atomic E-state index is 0.0289. The maximum absolute atomic E-state index is 13.5. The Labute approximate surface area is 190 Å². The highest BCUT2D eigenvalue weighted by molar-refractivity contribution is 8.01. The molecule has 0 aliphatic carbocycles. The molecule has 1 aromatic heterocycles. The summed E-state index contributed by atoms with van der Waals surface area (Å²) in [6.07, 6.45) is -0.355. The summed E-state index contributed by atoms with van der Waals surface area (Å²) in [5.74, 6) is -0.0684. The number of rotatable bonds is 8. The molecule has 0 spiro atoms. The SMILES string of the molecule is Cc1nnc(SCC(=O)N2CC(=O)N(CC(C)C)C[C@@H](OCc3cccc(F)c3)C2)s1. The van der Waals surface area contributed by atoms with E-state index in [1.54, 1.807) is 21.9 Å². The monoisotopic (exact) mass is 466 g/mol. The number of carbonyl (C=O) groups is 2. The number of halogens is 1. The Bertz CT molecular complexity index is 908. The van der Waals surface area contributed by atoms with Gasteiger partial charge >= 0.3 is 0 Å². The highest BCUT2D eigenvalue weighted by Gasteiger charge is 2.31. The summed E-state index contributed by atoms with van der Waals surface area (Å²) in [7, 11) is 0. The van der Waals surface area contributed by atoms with Gasteiger partial charge in [0.05, 0.1) is 25.0 Å². The molecular weight excluding hydrogens is 439 g/mol. The second kappa shape index (κ2) is 11.0. The molecule has 0 unspecified atom stereocenters. The summed E-state index contributed by atoms with van der Waals surface area (Å²) in [5.41, 5.74) is 0.714. The second-order valence-electron chi connectivity index (χ2n) is 7.91. The maximum atomic E-state index is 13.5. The lowest BCUT2D eigenvalue weighted by molar-refractivity contribution is -0.137. The minimum atomic E-state index is -0.355. The fraction of sp³-hybridized carbons (Fsp3) is 0.524. The van der Waals surface area contributed by atoms with E-state index in [0.29, 0.717) is 31.1 Å². The summed E-state index contributed by atoms with van der Waals surface area (Å²) in [6.45, 7) is 7.51. The molecule has 1 aromatic carbocycles. The molecule has 2 amide bonds. The predicted molar refractivity (Wildman–Crippen MR) is 118 cm³/mol. The molecule has 31 heavy (non-hydrogen) atoms. The molecule has 1 atom stereocenters. The van der Waals surface area contributed by atoms with E-state index < -0.39 is 0 Å². The number of benzene rings is 1. The van der Waals surface area contributed by atoms with Gasteiger partial charge in [-0.25, -0.2) is 4.39 Å². The molecule has 168 valence electrons. The van der Waals surface area contributed by atoms with Crippen molar-refractivity contribution in [3.63, 3.8) is 0 Å². The molecule has 0 N–H and O–H groups in total. The Balaban J connectivity index is 1.66. The Morgan fingerprint density at radius 3 is 2.84 bits per heavy atom. The van der Waals surface area contributed by atoms with Crippen molar-refractivity contribution in [3.8, 4) is 0 Å². The van der Waals surface area contributed by atoms with Crippen LogP contribution in [0.2, 0.25) is 0 Å². The van der Waals surface area contributed by atoms with Crippen LogP contribution in [0.25, 0.3) is 0 Å². The first-order valence-electron chi connectivity index (χ1n) is 10.1. The molecule has 3 rings (SSSR count). The normalized spacial score (nSPS) is 17.3. The van der Waals surface area contributed by atoms with E-state index in [-0.39, 0.29) is 42.6 Å². The van der Waals surface area contributed by atoms with Gasteiger partial charge in [0.2, 0.25) is 11.8 Å². The first kappa shape index (κ1) is 23.6. The van der Waals surface area contributed by atoms with E-state index in [1.165, 1.54) is 35.2 Å². The van der Waals surface area contributed by atoms with Crippen LogP contribution in [-0.4, -0.2) is 69.8 Å². The Hall–Kier alpha value is -2.04. The van der Waals surface area contributed by atoms with Gasteiger partial charge in [0.1, 0.15) is 10.8 Å². The van der Waals surface area contributed by atoms with Gasteiger partial charge in [-0.05, 0) is 30.5 Å². The van der Waals surface area contributed by atoms with Gasteiger partial charge in [0, 0.05) is 19.6 Å². The zero-order valence-electron chi connectivity index (χ0n) is 17.9. The van der Waals surface area contributed by atoms with Crippen LogP contribution >= 0.6 is 23.1 Å². The van der Waals surface area contributed by atoms with E-state index in [0.717, 1.165) is 9.35 Å². The lowest BCUT2D eigenvalue weighted by Gasteiger charge is -2.26. The van der Waals surface area contributed by atoms with Crippen LogP contribution in [0.5, 0.6) is 0 Å². The molecular formula is C21H27FN4O3S2. The van der Waals surface area contributed by atoms with Crippen LogP contribution in [0.4, 0.5) is 4.39 Å². The first-order chi connectivity index (χ1) is 14.8. The van der Waals surface area contributed by atoms with Crippen molar-refractivity contribution in [2.75, 3.05) is 31.9 Å². The summed E-state index contributed by atoms with van der Waals surface area (Å²) in [6, 6.07) is 6.24. The van der Waals surface area contributed by atoms with Crippen molar-refractivity contribution in [2.24, 2.45) is 5.92 Å². The summed E-state index contributed by atoms with van der Waals surface area (Å²) < 4.78 is 20.2. The molecule has 0 radical (unpaired) electrons. The Morgan fingerprint density at radius 2 is 2.16 bits per heavy atom. The molecule has 7 nitrogen and oxygen atoms in total. The van der Waals surface area contributed by atoms with Gasteiger partial charge in [-0.3, -0.25) is 9.59 Å². The first-order valence-corrected chi connectivity index (χ1v) is 11.9. The van der Waals surface area contributed by atoms with E-state index in [2.05, 4.69) is 10.2 Å². The van der Waals surface area contributed by atoms with Crippen LogP contribution in [0, 0.1) is 18.7 Å². The minimum Gasteiger partial charge on any atom is -0.370 e. The third-order valence-corrected chi connectivity index (χ3v) is 6.62. The third-order valence-electron chi connectivity index (χ3n) is 4.67. The number of aryl methyl sites for hydroxylation is 1. The van der Waals surface area contributed by atoms with E-state index in [1.807, 2.05) is 20.8 Å². The summed E-state index contributed by atoms with van der Waals surface area (Å²) in [4.78, 5) is 29.0. The van der Waals surface area contributed by atoms with Crippen LogP contribution in [0.15, 0.2) is 28.6 Å². The quantitative estimate of drug-likeness (QED) is 0.557. The summed E-state index contributed by atoms with van der Waals surface area (Å²) in [5, 5.41) is 8.83. The van der Waals surface area contributed by atoms with E-state index in [9.17, 15) is 14.0 Å². The number of hydrogen-bond donors (Lipinski definition) is 0. The largest absolute Gasteiger partial charge is 0.370 e. The van der Waals surface area contributed by atoms with Crippen LogP contribution < -0.4 is 0 Å². The zero-order valence-corrected chi connectivity index (χ0v) is 19.5. The number of thioether (sulfide) groups is 1. The summed E-state index contributed by atoms with van der Waals surface area (Å²) >= 11 is 2.76.